The fourth-order valence-electron chi connectivity index (χ4n) is 1.27. The zero-order valence-electron chi connectivity index (χ0n) is 9.95. The van der Waals surface area contributed by atoms with Gasteiger partial charge in [0.1, 0.15) is 0 Å². The second-order valence-electron chi connectivity index (χ2n) is 3.40. The lowest BCUT2D eigenvalue weighted by Gasteiger charge is -2.03. The highest BCUT2D eigenvalue weighted by molar-refractivity contribution is 8.82. The van der Waals surface area contributed by atoms with E-state index >= 15 is 0 Å². The summed E-state index contributed by atoms with van der Waals surface area (Å²) in [5.74, 6) is 0. The average Bonchev–Trinajstić information content (AvgIpc) is 2.45. The maximum absolute atomic E-state index is 5.27. The molecule has 0 amide bonds. The number of rotatable bonds is 3. The Kier molecular flexibility index (Phi) is 5.17. The minimum atomic E-state index is 0.648. The smallest absolute Gasteiger partial charge is 0.262 e. The van der Waals surface area contributed by atoms with Crippen LogP contribution in [0.25, 0.3) is 0 Å². The molecule has 2 aromatic rings. The summed E-state index contributed by atoms with van der Waals surface area (Å²) >= 11 is 0. The Balaban J connectivity index is 2.00. The highest BCUT2D eigenvalue weighted by Gasteiger charge is 2.02. The van der Waals surface area contributed by atoms with Crippen LogP contribution in [0.4, 0.5) is 5.69 Å². The molecule has 92 valence electrons. The van der Waals surface area contributed by atoms with Crippen molar-refractivity contribution in [2.24, 2.45) is 4.99 Å². The van der Waals surface area contributed by atoms with Gasteiger partial charge in [0.25, 0.3) is 5.23 Å². The zero-order chi connectivity index (χ0) is 12.6. The molecule has 0 unspecified atom stereocenters. The van der Waals surface area contributed by atoms with Crippen molar-refractivity contribution in [2.45, 2.75) is 4.90 Å². The van der Waals surface area contributed by atoms with Crippen molar-refractivity contribution in [1.82, 2.24) is 0 Å². The lowest BCUT2D eigenvalue weighted by Crippen LogP contribution is -1.91. The van der Waals surface area contributed by atoms with Gasteiger partial charge in [-0.15, -0.1) is 0 Å². The van der Waals surface area contributed by atoms with E-state index in [4.69, 9.17) is 4.74 Å². The summed E-state index contributed by atoms with van der Waals surface area (Å²) in [6, 6.07) is 20.0. The Morgan fingerprint density at radius 3 is 2.17 bits per heavy atom. The van der Waals surface area contributed by atoms with Crippen LogP contribution in [0.3, 0.4) is 0 Å². The molecule has 0 saturated heterocycles. The van der Waals surface area contributed by atoms with E-state index in [2.05, 4.69) is 17.1 Å². The normalized spacial score (nSPS) is 11.3. The van der Waals surface area contributed by atoms with E-state index in [0.29, 0.717) is 5.23 Å². The first-order valence-corrected chi connectivity index (χ1v) is 7.61. The van der Waals surface area contributed by atoms with Gasteiger partial charge in [-0.3, -0.25) is 0 Å². The van der Waals surface area contributed by atoms with Gasteiger partial charge in [0, 0.05) is 15.7 Å². The van der Waals surface area contributed by atoms with E-state index in [-0.39, 0.29) is 0 Å². The third kappa shape index (κ3) is 4.13. The third-order valence-corrected chi connectivity index (χ3v) is 4.31. The van der Waals surface area contributed by atoms with Crippen molar-refractivity contribution in [3.63, 3.8) is 0 Å². The molecule has 2 aromatic carbocycles. The molecule has 18 heavy (non-hydrogen) atoms. The Morgan fingerprint density at radius 2 is 1.56 bits per heavy atom. The maximum atomic E-state index is 5.27. The van der Waals surface area contributed by atoms with Crippen molar-refractivity contribution in [3.8, 4) is 0 Å². The molecule has 2 rings (SSSR count). The Hall–Kier alpha value is -1.39. The highest BCUT2D eigenvalue weighted by atomic mass is 33.1. The first kappa shape index (κ1) is 13.1. The molecule has 4 heteroatoms. The molecule has 0 bridgehead atoms. The summed E-state index contributed by atoms with van der Waals surface area (Å²) in [7, 11) is 4.79. The summed E-state index contributed by atoms with van der Waals surface area (Å²) < 4.78 is 5.27. The van der Waals surface area contributed by atoms with Crippen molar-refractivity contribution >= 4 is 32.5 Å². The number of hydrogen-bond donors (Lipinski definition) is 0. The fraction of sp³-hybridized carbons (Fsp3) is 0.0714. The van der Waals surface area contributed by atoms with Gasteiger partial charge in [-0.2, -0.15) is 0 Å². The predicted octanol–water partition coefficient (Wildman–Crippen LogP) is 4.76. The lowest BCUT2D eigenvalue weighted by molar-refractivity contribution is 0.417. The standard InChI is InChI=1S/C14H13NOS2/c1-16-14(15-12-8-4-2-5-9-12)18-17-13-10-6-3-7-11-13/h2-11H,1H3. The maximum Gasteiger partial charge on any atom is 0.262 e. The number of methoxy groups -OCH3 is 1. The minimum absolute atomic E-state index is 0.648. The van der Waals surface area contributed by atoms with Gasteiger partial charge >= 0.3 is 0 Å². The summed E-state index contributed by atoms with van der Waals surface area (Å²) in [5.41, 5.74) is 0.899. The number of nitrogens with zero attached hydrogens (tertiary/aromatic N) is 1. The van der Waals surface area contributed by atoms with Gasteiger partial charge in [-0.1, -0.05) is 36.4 Å². The van der Waals surface area contributed by atoms with E-state index in [1.54, 1.807) is 17.9 Å². The van der Waals surface area contributed by atoms with Gasteiger partial charge in [-0.25, -0.2) is 4.99 Å². The molecule has 0 aliphatic carbocycles. The summed E-state index contributed by atoms with van der Waals surface area (Å²) in [6.07, 6.45) is 0. The number of benzene rings is 2. The summed E-state index contributed by atoms with van der Waals surface area (Å²) in [6.45, 7) is 0. The molecule has 0 saturated carbocycles. The lowest BCUT2D eigenvalue weighted by atomic mass is 10.3. The second kappa shape index (κ2) is 7.13. The monoisotopic (exact) mass is 275 g/mol. The molecular weight excluding hydrogens is 262 g/mol. The van der Waals surface area contributed by atoms with Crippen LogP contribution in [-0.4, -0.2) is 12.3 Å². The Morgan fingerprint density at radius 1 is 0.944 bits per heavy atom. The molecule has 2 nitrogen and oxygen atoms in total. The topological polar surface area (TPSA) is 21.6 Å². The summed E-state index contributed by atoms with van der Waals surface area (Å²) in [5, 5.41) is 0.648. The number of hydrogen-bond acceptors (Lipinski definition) is 4. The molecule has 0 radical (unpaired) electrons. The molecule has 0 spiro atoms. The molecule has 0 N–H and O–H groups in total. The van der Waals surface area contributed by atoms with Gasteiger partial charge < -0.3 is 4.74 Å². The molecule has 0 aromatic heterocycles. The van der Waals surface area contributed by atoms with Crippen LogP contribution >= 0.6 is 21.6 Å². The van der Waals surface area contributed by atoms with Crippen molar-refractivity contribution in [2.75, 3.05) is 7.11 Å². The van der Waals surface area contributed by atoms with Crippen molar-refractivity contribution < 1.29 is 4.74 Å². The third-order valence-electron chi connectivity index (χ3n) is 2.10. The van der Waals surface area contributed by atoms with E-state index in [0.717, 1.165) is 5.69 Å². The van der Waals surface area contributed by atoms with Crippen LogP contribution in [0.2, 0.25) is 0 Å². The SMILES string of the molecule is COC(=Nc1ccccc1)SSc1ccccc1. The molecular formula is C14H13NOS2. The van der Waals surface area contributed by atoms with Crippen LogP contribution in [0.5, 0.6) is 0 Å². The fourth-order valence-corrected chi connectivity index (χ4v) is 3.06. The molecule has 0 heterocycles. The van der Waals surface area contributed by atoms with Crippen LogP contribution in [0, 0.1) is 0 Å². The molecule has 0 aliphatic heterocycles. The van der Waals surface area contributed by atoms with Crippen molar-refractivity contribution in [3.05, 3.63) is 60.7 Å². The van der Waals surface area contributed by atoms with E-state index < -0.39 is 0 Å². The largest absolute Gasteiger partial charge is 0.476 e. The van der Waals surface area contributed by atoms with Gasteiger partial charge in [-0.05, 0) is 35.1 Å². The van der Waals surface area contributed by atoms with E-state index in [1.165, 1.54) is 15.7 Å². The first-order chi connectivity index (χ1) is 8.88. The van der Waals surface area contributed by atoms with Gasteiger partial charge in [0.05, 0.1) is 12.8 Å². The zero-order valence-corrected chi connectivity index (χ0v) is 11.6. The molecule has 0 aliphatic rings. The first-order valence-electron chi connectivity index (χ1n) is 5.46. The number of aliphatic imine (C=N–C) groups is 1. The van der Waals surface area contributed by atoms with E-state index in [1.807, 2.05) is 48.5 Å². The van der Waals surface area contributed by atoms with Crippen molar-refractivity contribution in [1.29, 1.82) is 0 Å². The van der Waals surface area contributed by atoms with Gasteiger partial charge in [0.15, 0.2) is 0 Å². The quantitative estimate of drug-likeness (QED) is 0.458. The molecule has 0 atom stereocenters. The van der Waals surface area contributed by atoms with E-state index in [9.17, 15) is 0 Å². The Labute approximate surface area is 115 Å². The second-order valence-corrected chi connectivity index (χ2v) is 5.55. The Bertz CT molecular complexity index is 500. The minimum Gasteiger partial charge on any atom is -0.476 e. The highest BCUT2D eigenvalue weighted by Crippen LogP contribution is 2.32. The van der Waals surface area contributed by atoms with Crippen LogP contribution in [-0.2, 0) is 4.74 Å². The van der Waals surface area contributed by atoms with Crippen LogP contribution in [0.15, 0.2) is 70.6 Å². The number of para-hydroxylation sites is 1. The predicted molar refractivity (Wildman–Crippen MR) is 80.4 cm³/mol. The van der Waals surface area contributed by atoms with Crippen LogP contribution < -0.4 is 0 Å². The average molecular weight is 275 g/mol. The van der Waals surface area contributed by atoms with Gasteiger partial charge in [0.2, 0.25) is 0 Å². The summed E-state index contributed by atoms with van der Waals surface area (Å²) in [4.78, 5) is 5.61. The number of ether oxygens (including phenoxy) is 1. The van der Waals surface area contributed by atoms with Crippen LogP contribution in [0.1, 0.15) is 0 Å². The molecule has 0 fully saturated rings.